The molecule has 1 aromatic carbocycles. The van der Waals surface area contributed by atoms with Crippen molar-refractivity contribution in [1.82, 2.24) is 15.5 Å². The molecule has 1 rings (SSSR count). The average Bonchev–Trinajstić information content (AvgIpc) is 2.46. The predicted octanol–water partition coefficient (Wildman–Crippen LogP) is 1.93. The third-order valence-electron chi connectivity index (χ3n) is 2.94. The summed E-state index contributed by atoms with van der Waals surface area (Å²) >= 11 is 0. The van der Waals surface area contributed by atoms with Crippen LogP contribution in [0.25, 0.3) is 0 Å². The molecule has 0 saturated heterocycles. The molecule has 0 radical (unpaired) electrons. The molecule has 21 heavy (non-hydrogen) atoms. The van der Waals surface area contributed by atoms with Crippen LogP contribution in [-0.4, -0.2) is 52.2 Å². The third kappa shape index (κ3) is 8.11. The Hall–Kier alpha value is -1.02. The summed E-state index contributed by atoms with van der Waals surface area (Å²) in [6, 6.07) is 7.99. The van der Waals surface area contributed by atoms with Gasteiger partial charge in [0.1, 0.15) is 5.75 Å². The maximum Gasteiger partial charge on any atom is 0.191 e. The standard InChI is InChI=1S/C15H26N4O.HI/c1-16-15(17-10-7-11-19(2)3)18-12-13-8-5-6-9-14(13)20-4;/h5-6,8-9H,7,10-12H2,1-4H3,(H2,16,17,18);1H. The van der Waals surface area contributed by atoms with Gasteiger partial charge in [-0.05, 0) is 33.1 Å². The average molecular weight is 406 g/mol. The van der Waals surface area contributed by atoms with Crippen LogP contribution in [0.15, 0.2) is 29.3 Å². The summed E-state index contributed by atoms with van der Waals surface area (Å²) in [6.07, 6.45) is 1.09. The molecule has 0 atom stereocenters. The minimum Gasteiger partial charge on any atom is -0.496 e. The molecule has 1 aromatic rings. The van der Waals surface area contributed by atoms with Crippen LogP contribution in [0.5, 0.6) is 5.75 Å². The zero-order valence-electron chi connectivity index (χ0n) is 13.3. The molecule has 0 aromatic heterocycles. The Morgan fingerprint density at radius 2 is 1.95 bits per heavy atom. The van der Waals surface area contributed by atoms with Gasteiger partial charge in [0.25, 0.3) is 0 Å². The maximum absolute atomic E-state index is 5.33. The van der Waals surface area contributed by atoms with Crippen LogP contribution in [0.3, 0.4) is 0 Å². The molecule has 0 aliphatic carbocycles. The van der Waals surface area contributed by atoms with Crippen molar-refractivity contribution < 1.29 is 4.74 Å². The maximum atomic E-state index is 5.33. The number of hydrogen-bond acceptors (Lipinski definition) is 3. The van der Waals surface area contributed by atoms with Crippen LogP contribution in [0.1, 0.15) is 12.0 Å². The van der Waals surface area contributed by atoms with Gasteiger partial charge in [-0.25, -0.2) is 0 Å². The van der Waals surface area contributed by atoms with Gasteiger partial charge < -0.3 is 20.3 Å². The number of halogens is 1. The van der Waals surface area contributed by atoms with Gasteiger partial charge in [-0.2, -0.15) is 0 Å². The number of guanidine groups is 1. The largest absolute Gasteiger partial charge is 0.496 e. The van der Waals surface area contributed by atoms with Gasteiger partial charge in [-0.15, -0.1) is 24.0 Å². The Morgan fingerprint density at radius 1 is 1.24 bits per heavy atom. The molecule has 0 spiro atoms. The predicted molar refractivity (Wildman–Crippen MR) is 99.8 cm³/mol. The molecule has 2 N–H and O–H groups in total. The number of nitrogens with one attached hydrogen (secondary N) is 2. The Morgan fingerprint density at radius 3 is 2.57 bits per heavy atom. The number of aliphatic imine (C=N–C) groups is 1. The number of nitrogens with zero attached hydrogens (tertiary/aromatic N) is 2. The number of ether oxygens (including phenoxy) is 1. The van der Waals surface area contributed by atoms with Gasteiger partial charge in [-0.1, -0.05) is 18.2 Å². The molecule has 0 aliphatic heterocycles. The highest BCUT2D eigenvalue weighted by Crippen LogP contribution is 2.16. The van der Waals surface area contributed by atoms with E-state index in [1.54, 1.807) is 14.2 Å². The molecule has 0 bridgehead atoms. The molecular formula is C15H27IN4O. The van der Waals surface area contributed by atoms with Crippen LogP contribution in [0.4, 0.5) is 0 Å². The van der Waals surface area contributed by atoms with E-state index in [1.165, 1.54) is 0 Å². The van der Waals surface area contributed by atoms with E-state index in [4.69, 9.17) is 4.74 Å². The lowest BCUT2D eigenvalue weighted by atomic mass is 10.2. The van der Waals surface area contributed by atoms with Crippen molar-refractivity contribution in [1.29, 1.82) is 0 Å². The first-order chi connectivity index (χ1) is 9.67. The second-order valence-electron chi connectivity index (χ2n) is 4.82. The van der Waals surface area contributed by atoms with Gasteiger partial charge in [0, 0.05) is 25.7 Å². The van der Waals surface area contributed by atoms with Crippen molar-refractivity contribution in [3.05, 3.63) is 29.8 Å². The van der Waals surface area contributed by atoms with Gasteiger partial charge >= 0.3 is 0 Å². The molecule has 0 aliphatic rings. The summed E-state index contributed by atoms with van der Waals surface area (Å²) in [6.45, 7) is 2.66. The number of para-hydroxylation sites is 1. The first-order valence-corrected chi connectivity index (χ1v) is 6.88. The quantitative estimate of drug-likeness (QED) is 0.315. The normalized spacial score (nSPS) is 11.0. The summed E-state index contributed by atoms with van der Waals surface area (Å²) in [5.74, 6) is 1.71. The molecular weight excluding hydrogens is 379 g/mol. The van der Waals surface area contributed by atoms with Gasteiger partial charge in [0.2, 0.25) is 0 Å². The first kappa shape index (κ1) is 20.0. The van der Waals surface area contributed by atoms with Crippen molar-refractivity contribution in [2.24, 2.45) is 4.99 Å². The van der Waals surface area contributed by atoms with Crippen LogP contribution < -0.4 is 15.4 Å². The number of methoxy groups -OCH3 is 1. The second-order valence-corrected chi connectivity index (χ2v) is 4.82. The van der Waals surface area contributed by atoms with Crippen LogP contribution in [0.2, 0.25) is 0 Å². The molecule has 120 valence electrons. The zero-order valence-corrected chi connectivity index (χ0v) is 15.7. The third-order valence-corrected chi connectivity index (χ3v) is 2.94. The Labute approximate surface area is 145 Å². The van der Waals surface area contributed by atoms with Crippen molar-refractivity contribution >= 4 is 29.9 Å². The van der Waals surface area contributed by atoms with E-state index < -0.39 is 0 Å². The monoisotopic (exact) mass is 406 g/mol. The highest BCUT2D eigenvalue weighted by Gasteiger charge is 2.03. The fourth-order valence-corrected chi connectivity index (χ4v) is 1.85. The van der Waals surface area contributed by atoms with E-state index >= 15 is 0 Å². The topological polar surface area (TPSA) is 48.9 Å². The molecule has 0 heterocycles. The SMILES string of the molecule is CN=C(NCCCN(C)C)NCc1ccccc1OC.I. The Bertz CT molecular complexity index is 424. The van der Waals surface area contributed by atoms with Crippen molar-refractivity contribution in [2.75, 3.05) is 41.3 Å². The highest BCUT2D eigenvalue weighted by atomic mass is 127. The molecule has 0 unspecified atom stereocenters. The van der Waals surface area contributed by atoms with Gasteiger partial charge in [0.05, 0.1) is 7.11 Å². The van der Waals surface area contributed by atoms with Crippen LogP contribution in [-0.2, 0) is 6.54 Å². The second kappa shape index (κ2) is 11.6. The Kier molecular flexibility index (Phi) is 11.1. The minimum absolute atomic E-state index is 0. The van der Waals surface area contributed by atoms with Crippen LogP contribution in [0, 0.1) is 0 Å². The fourth-order valence-electron chi connectivity index (χ4n) is 1.85. The van der Waals surface area contributed by atoms with E-state index in [1.807, 2.05) is 24.3 Å². The summed E-state index contributed by atoms with van der Waals surface area (Å²) in [5, 5.41) is 6.60. The summed E-state index contributed by atoms with van der Waals surface area (Å²) in [5.41, 5.74) is 1.12. The number of hydrogen-bond donors (Lipinski definition) is 2. The van der Waals surface area contributed by atoms with E-state index in [9.17, 15) is 0 Å². The van der Waals surface area contributed by atoms with Crippen LogP contribution >= 0.6 is 24.0 Å². The minimum atomic E-state index is 0. The summed E-state index contributed by atoms with van der Waals surface area (Å²) < 4.78 is 5.33. The van der Waals surface area contributed by atoms with E-state index in [0.717, 1.165) is 36.8 Å². The lowest BCUT2D eigenvalue weighted by Gasteiger charge is -2.14. The molecule has 6 heteroatoms. The highest BCUT2D eigenvalue weighted by molar-refractivity contribution is 14.0. The van der Waals surface area contributed by atoms with Gasteiger partial charge in [0.15, 0.2) is 5.96 Å². The lowest BCUT2D eigenvalue weighted by Crippen LogP contribution is -2.38. The molecule has 0 saturated carbocycles. The first-order valence-electron chi connectivity index (χ1n) is 6.88. The zero-order chi connectivity index (χ0) is 14.8. The van der Waals surface area contributed by atoms with Crippen molar-refractivity contribution in [3.8, 4) is 5.75 Å². The Balaban J connectivity index is 0.00000400. The number of rotatable bonds is 7. The molecule has 0 fully saturated rings. The van der Waals surface area contributed by atoms with Crippen molar-refractivity contribution in [3.63, 3.8) is 0 Å². The summed E-state index contributed by atoms with van der Waals surface area (Å²) in [4.78, 5) is 6.39. The summed E-state index contributed by atoms with van der Waals surface area (Å²) in [7, 11) is 7.63. The molecule has 0 amide bonds. The number of benzene rings is 1. The lowest BCUT2D eigenvalue weighted by molar-refractivity contribution is 0.399. The van der Waals surface area contributed by atoms with Crippen molar-refractivity contribution in [2.45, 2.75) is 13.0 Å². The smallest absolute Gasteiger partial charge is 0.191 e. The molecule has 5 nitrogen and oxygen atoms in total. The van der Waals surface area contributed by atoms with E-state index in [-0.39, 0.29) is 24.0 Å². The van der Waals surface area contributed by atoms with Gasteiger partial charge in [-0.3, -0.25) is 4.99 Å². The van der Waals surface area contributed by atoms with E-state index in [0.29, 0.717) is 6.54 Å². The van der Waals surface area contributed by atoms with E-state index in [2.05, 4.69) is 34.6 Å². The fraction of sp³-hybridized carbons (Fsp3) is 0.533.